The number of carbonyl (C=O) groups is 1. The molecule has 0 aliphatic heterocycles. The predicted octanol–water partition coefficient (Wildman–Crippen LogP) is 2.57. The first-order valence-electron chi connectivity index (χ1n) is 5.20. The zero-order valence-electron chi connectivity index (χ0n) is 9.34. The van der Waals surface area contributed by atoms with Crippen LogP contribution in [0.4, 0.5) is 5.13 Å². The van der Waals surface area contributed by atoms with Gasteiger partial charge >= 0.3 is 5.97 Å². The fourth-order valence-electron chi connectivity index (χ4n) is 1.50. The predicted molar refractivity (Wildman–Crippen MR) is 67.9 cm³/mol. The average Bonchev–Trinajstić information content (AvgIpc) is 2.76. The van der Waals surface area contributed by atoms with Crippen LogP contribution in [0, 0.1) is 0 Å². The highest BCUT2D eigenvalue weighted by Gasteiger charge is 2.14. The molecule has 0 unspecified atom stereocenters. The van der Waals surface area contributed by atoms with Crippen LogP contribution in [0.15, 0.2) is 30.5 Å². The number of hydrogen-bond acceptors (Lipinski definition) is 5. The van der Waals surface area contributed by atoms with Gasteiger partial charge in [0.05, 0.1) is 17.0 Å². The maximum absolute atomic E-state index is 11.8. The van der Waals surface area contributed by atoms with E-state index in [1.807, 2.05) is 12.1 Å². The zero-order chi connectivity index (χ0) is 12.3. The molecular formula is C12H12N2O2S. The van der Waals surface area contributed by atoms with Gasteiger partial charge in [-0.2, -0.15) is 0 Å². The van der Waals surface area contributed by atoms with Crippen molar-refractivity contribution in [3.63, 3.8) is 0 Å². The summed E-state index contributed by atoms with van der Waals surface area (Å²) >= 11 is 1.35. The van der Waals surface area contributed by atoms with Gasteiger partial charge in [0, 0.05) is 11.8 Å². The first-order chi connectivity index (χ1) is 8.22. The lowest BCUT2D eigenvalue weighted by Crippen LogP contribution is -2.05. The molecule has 0 atom stereocenters. The number of thiazole rings is 1. The van der Waals surface area contributed by atoms with Crippen molar-refractivity contribution in [2.45, 2.75) is 6.92 Å². The number of ether oxygens (including phenoxy) is 1. The van der Waals surface area contributed by atoms with Crippen molar-refractivity contribution in [1.29, 1.82) is 0 Å². The number of rotatable bonds is 3. The van der Waals surface area contributed by atoms with Gasteiger partial charge in [-0.25, -0.2) is 9.78 Å². The Balaban J connectivity index is 2.44. The van der Waals surface area contributed by atoms with Gasteiger partial charge in [0.2, 0.25) is 0 Å². The van der Waals surface area contributed by atoms with E-state index in [2.05, 4.69) is 4.98 Å². The van der Waals surface area contributed by atoms with E-state index in [0.29, 0.717) is 17.3 Å². The van der Waals surface area contributed by atoms with Gasteiger partial charge in [-0.05, 0) is 13.0 Å². The van der Waals surface area contributed by atoms with Gasteiger partial charge in [-0.15, -0.1) is 0 Å². The van der Waals surface area contributed by atoms with Gasteiger partial charge in [-0.3, -0.25) is 0 Å². The zero-order valence-corrected chi connectivity index (χ0v) is 10.2. The number of carbonyl (C=O) groups excluding carboxylic acids is 1. The summed E-state index contributed by atoms with van der Waals surface area (Å²) in [4.78, 5) is 16.6. The maximum Gasteiger partial charge on any atom is 0.338 e. The third kappa shape index (κ3) is 2.45. The van der Waals surface area contributed by atoms with Crippen molar-refractivity contribution in [3.8, 4) is 10.4 Å². The van der Waals surface area contributed by atoms with Crippen LogP contribution >= 0.6 is 11.3 Å². The van der Waals surface area contributed by atoms with Gasteiger partial charge in [0.15, 0.2) is 5.13 Å². The summed E-state index contributed by atoms with van der Waals surface area (Å²) in [6, 6.07) is 7.27. The second-order valence-corrected chi connectivity index (χ2v) is 4.39. The van der Waals surface area contributed by atoms with Crippen molar-refractivity contribution < 1.29 is 9.53 Å². The van der Waals surface area contributed by atoms with Gasteiger partial charge in [0.1, 0.15) is 0 Å². The largest absolute Gasteiger partial charge is 0.462 e. The molecule has 88 valence electrons. The Kier molecular flexibility index (Phi) is 3.39. The first-order valence-corrected chi connectivity index (χ1v) is 6.02. The Morgan fingerprint density at radius 1 is 1.47 bits per heavy atom. The first kappa shape index (κ1) is 11.6. The van der Waals surface area contributed by atoms with Crippen LogP contribution in [0.1, 0.15) is 17.3 Å². The highest BCUT2D eigenvalue weighted by Crippen LogP contribution is 2.30. The fourth-order valence-corrected chi connectivity index (χ4v) is 2.22. The number of aromatic nitrogens is 1. The standard InChI is InChI=1S/C12H12N2O2S/c1-2-16-11(15)9-6-4-3-5-8(9)10-7-14-12(13)17-10/h3-7H,2H2,1H3,(H2,13,14). The van der Waals surface area contributed by atoms with Crippen molar-refractivity contribution in [1.82, 2.24) is 4.98 Å². The lowest BCUT2D eigenvalue weighted by molar-refractivity contribution is 0.0527. The molecule has 0 saturated heterocycles. The Bertz CT molecular complexity index is 537. The molecule has 2 aromatic rings. The number of nitrogens with zero attached hydrogens (tertiary/aromatic N) is 1. The second-order valence-electron chi connectivity index (χ2n) is 3.33. The summed E-state index contributed by atoms with van der Waals surface area (Å²) in [5, 5.41) is 0.485. The number of benzene rings is 1. The van der Waals surface area contributed by atoms with E-state index in [1.165, 1.54) is 11.3 Å². The molecule has 5 heteroatoms. The third-order valence-corrected chi connectivity index (χ3v) is 3.07. The lowest BCUT2D eigenvalue weighted by Gasteiger charge is -2.06. The quantitative estimate of drug-likeness (QED) is 0.848. The van der Waals surface area contributed by atoms with E-state index in [9.17, 15) is 4.79 Å². The molecule has 0 saturated carbocycles. The SMILES string of the molecule is CCOC(=O)c1ccccc1-c1cnc(N)s1. The topological polar surface area (TPSA) is 65.2 Å². The van der Waals surface area contributed by atoms with Crippen LogP contribution in [0.3, 0.4) is 0 Å². The van der Waals surface area contributed by atoms with E-state index in [1.54, 1.807) is 25.3 Å². The molecule has 0 bridgehead atoms. The van der Waals surface area contributed by atoms with Crippen LogP contribution in [0.25, 0.3) is 10.4 Å². The maximum atomic E-state index is 11.8. The van der Waals surface area contributed by atoms with Gasteiger partial charge < -0.3 is 10.5 Å². The Hall–Kier alpha value is -1.88. The van der Waals surface area contributed by atoms with Gasteiger partial charge in [-0.1, -0.05) is 29.5 Å². The molecule has 0 fully saturated rings. The number of anilines is 1. The minimum atomic E-state index is -0.324. The smallest absolute Gasteiger partial charge is 0.338 e. The van der Waals surface area contributed by atoms with Crippen LogP contribution < -0.4 is 5.73 Å². The van der Waals surface area contributed by atoms with E-state index in [-0.39, 0.29) is 5.97 Å². The summed E-state index contributed by atoms with van der Waals surface area (Å²) in [7, 11) is 0. The molecular weight excluding hydrogens is 236 g/mol. The Labute approximate surface area is 103 Å². The van der Waals surface area contributed by atoms with E-state index >= 15 is 0 Å². The van der Waals surface area contributed by atoms with Gasteiger partial charge in [0.25, 0.3) is 0 Å². The monoisotopic (exact) mass is 248 g/mol. The molecule has 0 radical (unpaired) electrons. The minimum Gasteiger partial charge on any atom is -0.462 e. The summed E-state index contributed by atoms with van der Waals surface area (Å²) in [5.41, 5.74) is 6.94. The molecule has 0 amide bonds. The van der Waals surface area contributed by atoms with E-state index in [0.717, 1.165) is 10.4 Å². The van der Waals surface area contributed by atoms with Crippen LogP contribution in [0.2, 0.25) is 0 Å². The third-order valence-electron chi connectivity index (χ3n) is 2.21. The van der Waals surface area contributed by atoms with Crippen molar-refractivity contribution in [2.75, 3.05) is 12.3 Å². The van der Waals surface area contributed by atoms with Crippen molar-refractivity contribution >= 4 is 22.4 Å². The molecule has 0 aliphatic carbocycles. The number of hydrogen-bond donors (Lipinski definition) is 1. The molecule has 0 aliphatic rings. The molecule has 0 spiro atoms. The molecule has 1 aromatic heterocycles. The molecule has 17 heavy (non-hydrogen) atoms. The van der Waals surface area contributed by atoms with E-state index < -0.39 is 0 Å². The fraction of sp³-hybridized carbons (Fsp3) is 0.167. The Morgan fingerprint density at radius 2 is 2.24 bits per heavy atom. The van der Waals surface area contributed by atoms with Crippen LogP contribution in [-0.4, -0.2) is 17.6 Å². The number of nitrogen functional groups attached to an aromatic ring is 1. The normalized spacial score (nSPS) is 10.2. The molecule has 2 rings (SSSR count). The highest BCUT2D eigenvalue weighted by atomic mass is 32.1. The summed E-state index contributed by atoms with van der Waals surface area (Å²) in [6.45, 7) is 2.14. The Morgan fingerprint density at radius 3 is 2.88 bits per heavy atom. The lowest BCUT2D eigenvalue weighted by atomic mass is 10.1. The second kappa shape index (κ2) is 4.97. The molecule has 1 aromatic carbocycles. The number of nitrogens with two attached hydrogens (primary N) is 1. The van der Waals surface area contributed by atoms with E-state index in [4.69, 9.17) is 10.5 Å². The molecule has 1 heterocycles. The van der Waals surface area contributed by atoms with Crippen LogP contribution in [-0.2, 0) is 4.74 Å². The molecule has 4 nitrogen and oxygen atoms in total. The molecule has 2 N–H and O–H groups in total. The van der Waals surface area contributed by atoms with Crippen LogP contribution in [0.5, 0.6) is 0 Å². The van der Waals surface area contributed by atoms with Crippen molar-refractivity contribution in [2.24, 2.45) is 0 Å². The highest BCUT2D eigenvalue weighted by molar-refractivity contribution is 7.18. The van der Waals surface area contributed by atoms with Crippen molar-refractivity contribution in [3.05, 3.63) is 36.0 Å². The minimum absolute atomic E-state index is 0.324. The number of esters is 1. The summed E-state index contributed by atoms with van der Waals surface area (Å²) in [6.07, 6.45) is 1.66. The average molecular weight is 248 g/mol. The summed E-state index contributed by atoms with van der Waals surface area (Å²) in [5.74, 6) is -0.324. The summed E-state index contributed by atoms with van der Waals surface area (Å²) < 4.78 is 5.01.